The van der Waals surface area contributed by atoms with Crippen LogP contribution in [0.4, 0.5) is 5.69 Å². The summed E-state index contributed by atoms with van der Waals surface area (Å²) in [5.74, 6) is 0.0798. The maximum absolute atomic E-state index is 8.95. The topological polar surface area (TPSA) is 35.8 Å². The summed E-state index contributed by atoms with van der Waals surface area (Å²) in [4.78, 5) is 0. The Labute approximate surface area is 78.2 Å². The van der Waals surface area contributed by atoms with Crippen molar-refractivity contribution in [1.29, 1.82) is 5.26 Å². The van der Waals surface area contributed by atoms with Crippen molar-refractivity contribution in [2.75, 3.05) is 11.9 Å². The van der Waals surface area contributed by atoms with Crippen molar-refractivity contribution < 1.29 is 0 Å². The molecule has 13 heavy (non-hydrogen) atoms. The van der Waals surface area contributed by atoms with Gasteiger partial charge >= 0.3 is 0 Å². The first-order chi connectivity index (χ1) is 6.33. The fourth-order valence-electron chi connectivity index (χ4n) is 1.85. The molecular weight excluding hydrogens is 160 g/mol. The summed E-state index contributed by atoms with van der Waals surface area (Å²) in [6, 6.07) is 8.49. The van der Waals surface area contributed by atoms with Crippen molar-refractivity contribution in [3.8, 4) is 6.07 Å². The van der Waals surface area contributed by atoms with Crippen LogP contribution in [0.25, 0.3) is 0 Å². The second-order valence-corrected chi connectivity index (χ2v) is 3.44. The number of fused-ring (bicyclic) bond motifs is 1. The van der Waals surface area contributed by atoms with Gasteiger partial charge in [-0.25, -0.2) is 0 Å². The summed E-state index contributed by atoms with van der Waals surface area (Å²) in [6.45, 7) is 2.99. The maximum Gasteiger partial charge on any atom is 0.0749 e. The molecule has 1 aliphatic rings. The average Bonchev–Trinajstić information content (AvgIpc) is 2.18. The van der Waals surface area contributed by atoms with E-state index in [0.29, 0.717) is 0 Å². The van der Waals surface area contributed by atoms with Gasteiger partial charge in [-0.3, -0.25) is 0 Å². The second-order valence-electron chi connectivity index (χ2n) is 3.44. The lowest BCUT2D eigenvalue weighted by Crippen LogP contribution is -2.16. The number of anilines is 1. The first-order valence-corrected chi connectivity index (χ1v) is 4.56. The minimum absolute atomic E-state index is 0.0798. The summed E-state index contributed by atoms with van der Waals surface area (Å²) in [5.41, 5.74) is 3.56. The van der Waals surface area contributed by atoms with Crippen LogP contribution < -0.4 is 5.32 Å². The minimum atomic E-state index is 0.0798. The molecule has 1 N–H and O–H groups in total. The lowest BCUT2D eigenvalue weighted by Gasteiger charge is -2.23. The third-order valence-corrected chi connectivity index (χ3v) is 2.57. The maximum atomic E-state index is 8.95. The smallest absolute Gasteiger partial charge is 0.0749 e. The van der Waals surface area contributed by atoms with E-state index in [1.807, 2.05) is 12.1 Å². The molecular formula is C11H12N2. The minimum Gasteiger partial charge on any atom is -0.385 e. The first kappa shape index (κ1) is 8.12. The number of para-hydroxylation sites is 1. The molecule has 0 bridgehead atoms. The van der Waals surface area contributed by atoms with Crippen molar-refractivity contribution in [3.05, 3.63) is 29.3 Å². The van der Waals surface area contributed by atoms with Crippen LogP contribution in [0.15, 0.2) is 18.2 Å². The van der Waals surface area contributed by atoms with E-state index in [1.54, 1.807) is 0 Å². The molecule has 1 heterocycles. The zero-order valence-corrected chi connectivity index (χ0v) is 7.67. The van der Waals surface area contributed by atoms with Gasteiger partial charge in [0.2, 0.25) is 0 Å². The fraction of sp³-hybridized carbons (Fsp3) is 0.364. The van der Waals surface area contributed by atoms with E-state index in [4.69, 9.17) is 5.26 Å². The summed E-state index contributed by atoms with van der Waals surface area (Å²) in [7, 11) is 0. The van der Waals surface area contributed by atoms with Crippen LogP contribution in [-0.4, -0.2) is 6.54 Å². The van der Waals surface area contributed by atoms with Gasteiger partial charge in [-0.1, -0.05) is 18.2 Å². The van der Waals surface area contributed by atoms with Crippen LogP contribution >= 0.6 is 0 Å². The zero-order chi connectivity index (χ0) is 9.26. The highest BCUT2D eigenvalue weighted by molar-refractivity contribution is 5.61. The molecule has 2 rings (SSSR count). The zero-order valence-electron chi connectivity index (χ0n) is 7.67. The molecule has 2 heteroatoms. The Morgan fingerprint density at radius 3 is 3.15 bits per heavy atom. The van der Waals surface area contributed by atoms with Crippen LogP contribution in [0.2, 0.25) is 0 Å². The Morgan fingerprint density at radius 1 is 1.54 bits per heavy atom. The van der Waals surface area contributed by atoms with Gasteiger partial charge in [-0.15, -0.1) is 0 Å². The molecule has 66 valence electrons. The number of aryl methyl sites for hydroxylation is 1. The Balaban J connectivity index is 2.53. The van der Waals surface area contributed by atoms with Crippen molar-refractivity contribution in [3.63, 3.8) is 0 Å². The van der Waals surface area contributed by atoms with E-state index >= 15 is 0 Å². The molecule has 1 aromatic rings. The standard InChI is InChI=1S/C11H12N2/c1-8-3-2-4-10-9(7-12)5-6-13-11(8)10/h2-4,9,13H,5-6H2,1H3. The summed E-state index contributed by atoms with van der Waals surface area (Å²) < 4.78 is 0. The summed E-state index contributed by atoms with van der Waals surface area (Å²) in [5, 5.41) is 12.3. The molecule has 0 fully saturated rings. The third kappa shape index (κ3) is 1.27. The highest BCUT2D eigenvalue weighted by atomic mass is 14.9. The molecule has 0 aromatic heterocycles. The molecule has 0 aliphatic carbocycles. The number of nitriles is 1. The van der Waals surface area contributed by atoms with Gasteiger partial charge in [0.05, 0.1) is 12.0 Å². The molecule has 2 nitrogen and oxygen atoms in total. The lowest BCUT2D eigenvalue weighted by molar-refractivity contribution is 0.750. The number of benzene rings is 1. The number of nitrogens with one attached hydrogen (secondary N) is 1. The molecule has 1 atom stereocenters. The van der Waals surface area contributed by atoms with Crippen LogP contribution in [0, 0.1) is 18.3 Å². The molecule has 0 radical (unpaired) electrons. The SMILES string of the molecule is Cc1cccc2c1NCCC2C#N. The quantitative estimate of drug-likeness (QED) is 0.652. The molecule has 1 unspecified atom stereocenters. The van der Waals surface area contributed by atoms with Crippen molar-refractivity contribution >= 4 is 5.69 Å². The van der Waals surface area contributed by atoms with E-state index < -0.39 is 0 Å². The van der Waals surface area contributed by atoms with Gasteiger partial charge in [0, 0.05) is 12.2 Å². The van der Waals surface area contributed by atoms with Crippen LogP contribution in [0.1, 0.15) is 23.5 Å². The largest absolute Gasteiger partial charge is 0.385 e. The average molecular weight is 172 g/mol. The normalized spacial score (nSPS) is 19.8. The van der Waals surface area contributed by atoms with Gasteiger partial charge in [-0.2, -0.15) is 5.26 Å². The van der Waals surface area contributed by atoms with Crippen molar-refractivity contribution in [1.82, 2.24) is 0 Å². The van der Waals surface area contributed by atoms with Crippen LogP contribution in [-0.2, 0) is 0 Å². The van der Waals surface area contributed by atoms with Gasteiger partial charge in [0.25, 0.3) is 0 Å². The second kappa shape index (κ2) is 3.10. The Morgan fingerprint density at radius 2 is 2.38 bits per heavy atom. The number of hydrogen-bond acceptors (Lipinski definition) is 2. The third-order valence-electron chi connectivity index (χ3n) is 2.57. The Hall–Kier alpha value is -1.49. The van der Waals surface area contributed by atoms with E-state index in [-0.39, 0.29) is 5.92 Å². The lowest BCUT2D eigenvalue weighted by atomic mass is 9.90. The first-order valence-electron chi connectivity index (χ1n) is 4.56. The van der Waals surface area contributed by atoms with E-state index in [2.05, 4.69) is 24.4 Å². The monoisotopic (exact) mass is 172 g/mol. The van der Waals surface area contributed by atoms with Crippen molar-refractivity contribution in [2.45, 2.75) is 19.3 Å². The molecule has 1 aromatic carbocycles. The molecule has 0 amide bonds. The fourth-order valence-corrected chi connectivity index (χ4v) is 1.85. The predicted octanol–water partition coefficient (Wildman–Crippen LogP) is 2.42. The van der Waals surface area contributed by atoms with Gasteiger partial charge in [0.15, 0.2) is 0 Å². The van der Waals surface area contributed by atoms with Gasteiger partial charge < -0.3 is 5.32 Å². The van der Waals surface area contributed by atoms with E-state index in [9.17, 15) is 0 Å². The highest BCUT2D eigenvalue weighted by Gasteiger charge is 2.19. The predicted molar refractivity (Wildman–Crippen MR) is 52.6 cm³/mol. The van der Waals surface area contributed by atoms with Gasteiger partial charge in [0.1, 0.15) is 0 Å². The van der Waals surface area contributed by atoms with E-state index in [0.717, 1.165) is 18.5 Å². The van der Waals surface area contributed by atoms with Crippen LogP contribution in [0.5, 0.6) is 0 Å². The van der Waals surface area contributed by atoms with Crippen molar-refractivity contribution in [2.24, 2.45) is 0 Å². The summed E-state index contributed by atoms with van der Waals surface area (Å²) in [6.07, 6.45) is 0.924. The Bertz CT molecular complexity index is 363. The molecule has 0 saturated carbocycles. The molecule has 0 spiro atoms. The van der Waals surface area contributed by atoms with Gasteiger partial charge in [-0.05, 0) is 24.5 Å². The molecule has 0 saturated heterocycles. The Kier molecular flexibility index (Phi) is 1.94. The highest BCUT2D eigenvalue weighted by Crippen LogP contribution is 2.32. The van der Waals surface area contributed by atoms with Crippen LogP contribution in [0.3, 0.4) is 0 Å². The molecule has 1 aliphatic heterocycles. The summed E-state index contributed by atoms with van der Waals surface area (Å²) >= 11 is 0. The van der Waals surface area contributed by atoms with E-state index in [1.165, 1.54) is 11.3 Å². The number of rotatable bonds is 0. The number of hydrogen-bond donors (Lipinski definition) is 1. The number of nitrogens with zero attached hydrogens (tertiary/aromatic N) is 1.